The molecule has 0 aromatic carbocycles. The third-order valence-corrected chi connectivity index (χ3v) is 4.92. The Morgan fingerprint density at radius 1 is 1.33 bits per heavy atom. The molecule has 2 fully saturated rings. The van der Waals surface area contributed by atoms with Crippen LogP contribution in [0.4, 0.5) is 0 Å². The van der Waals surface area contributed by atoms with E-state index in [1.807, 2.05) is 0 Å². The quantitative estimate of drug-likeness (QED) is 0.792. The average Bonchev–Trinajstić information content (AvgIpc) is 2.75. The zero-order chi connectivity index (χ0) is 10.5. The van der Waals surface area contributed by atoms with Gasteiger partial charge in [-0.05, 0) is 44.5 Å². The van der Waals surface area contributed by atoms with Gasteiger partial charge in [-0.15, -0.1) is 0 Å². The molecule has 0 bridgehead atoms. The topological polar surface area (TPSA) is 15.3 Å². The third-order valence-electron chi connectivity index (χ3n) is 3.71. The minimum atomic E-state index is 0.794. The maximum atomic E-state index is 3.77. The van der Waals surface area contributed by atoms with Crippen molar-refractivity contribution in [3.8, 4) is 0 Å². The van der Waals surface area contributed by atoms with Gasteiger partial charge in [-0.25, -0.2) is 0 Å². The molecule has 2 saturated heterocycles. The van der Waals surface area contributed by atoms with Crippen molar-refractivity contribution < 1.29 is 0 Å². The molecule has 0 unspecified atom stereocenters. The summed E-state index contributed by atoms with van der Waals surface area (Å²) in [4.78, 5) is 2.63. The van der Waals surface area contributed by atoms with E-state index < -0.39 is 0 Å². The van der Waals surface area contributed by atoms with Gasteiger partial charge in [-0.1, -0.05) is 6.92 Å². The molecular weight excluding hydrogens is 204 g/mol. The normalized spacial score (nSPS) is 33.4. The van der Waals surface area contributed by atoms with Crippen LogP contribution in [0.15, 0.2) is 0 Å². The molecular formula is C12H24N2S. The van der Waals surface area contributed by atoms with Crippen molar-refractivity contribution in [2.45, 2.75) is 44.7 Å². The molecule has 2 atom stereocenters. The van der Waals surface area contributed by atoms with Gasteiger partial charge < -0.3 is 5.32 Å². The maximum absolute atomic E-state index is 3.77. The molecule has 2 heterocycles. The third kappa shape index (κ3) is 3.36. The fourth-order valence-corrected chi connectivity index (χ4v) is 3.85. The standard InChI is InChI=1S/C12H24N2S/c1-2-14-7-3-6-12(14)9-13-11-5-4-8-15-10-11/h11-13H,2-10H2,1H3/t11-,12+/m0/s1. The van der Waals surface area contributed by atoms with Crippen LogP contribution in [-0.4, -0.2) is 48.1 Å². The van der Waals surface area contributed by atoms with E-state index in [1.165, 1.54) is 56.8 Å². The van der Waals surface area contributed by atoms with E-state index in [0.717, 1.165) is 12.1 Å². The van der Waals surface area contributed by atoms with Gasteiger partial charge in [0, 0.05) is 24.4 Å². The van der Waals surface area contributed by atoms with E-state index in [4.69, 9.17) is 0 Å². The van der Waals surface area contributed by atoms with Crippen LogP contribution in [0.5, 0.6) is 0 Å². The van der Waals surface area contributed by atoms with Crippen molar-refractivity contribution in [2.24, 2.45) is 0 Å². The summed E-state index contributed by atoms with van der Waals surface area (Å²) < 4.78 is 0. The Kier molecular flexibility index (Phi) is 4.79. The van der Waals surface area contributed by atoms with Gasteiger partial charge in [0.25, 0.3) is 0 Å². The second-order valence-electron chi connectivity index (χ2n) is 4.75. The first kappa shape index (κ1) is 11.7. The minimum absolute atomic E-state index is 0.794. The predicted molar refractivity (Wildman–Crippen MR) is 68.6 cm³/mol. The predicted octanol–water partition coefficient (Wildman–Crippen LogP) is 1.96. The van der Waals surface area contributed by atoms with Crippen molar-refractivity contribution in [2.75, 3.05) is 31.1 Å². The highest BCUT2D eigenvalue weighted by atomic mass is 32.2. The molecule has 2 aliphatic rings. The number of hydrogen-bond acceptors (Lipinski definition) is 3. The average molecular weight is 228 g/mol. The van der Waals surface area contributed by atoms with Crippen molar-refractivity contribution in [1.29, 1.82) is 0 Å². The van der Waals surface area contributed by atoms with Crippen LogP contribution in [0.25, 0.3) is 0 Å². The molecule has 0 aromatic heterocycles. The highest BCUT2D eigenvalue weighted by molar-refractivity contribution is 7.99. The Morgan fingerprint density at radius 3 is 3.00 bits per heavy atom. The second kappa shape index (κ2) is 6.12. The number of rotatable bonds is 4. The smallest absolute Gasteiger partial charge is 0.0221 e. The molecule has 0 radical (unpaired) electrons. The van der Waals surface area contributed by atoms with Crippen LogP contribution in [0, 0.1) is 0 Å². The minimum Gasteiger partial charge on any atom is -0.312 e. The molecule has 1 N–H and O–H groups in total. The van der Waals surface area contributed by atoms with E-state index >= 15 is 0 Å². The zero-order valence-corrected chi connectivity index (χ0v) is 10.7. The van der Waals surface area contributed by atoms with Gasteiger partial charge in [0.15, 0.2) is 0 Å². The van der Waals surface area contributed by atoms with Gasteiger partial charge in [-0.2, -0.15) is 11.8 Å². The van der Waals surface area contributed by atoms with Gasteiger partial charge in [-0.3, -0.25) is 4.90 Å². The number of likely N-dealkylation sites (N-methyl/N-ethyl adjacent to an activating group) is 1. The van der Waals surface area contributed by atoms with Crippen molar-refractivity contribution in [3.05, 3.63) is 0 Å². The van der Waals surface area contributed by atoms with Crippen LogP contribution >= 0.6 is 11.8 Å². The first-order valence-electron chi connectivity index (χ1n) is 6.45. The van der Waals surface area contributed by atoms with E-state index in [2.05, 4.69) is 28.9 Å². The molecule has 0 saturated carbocycles. The Balaban J connectivity index is 1.67. The van der Waals surface area contributed by atoms with Gasteiger partial charge in [0.05, 0.1) is 0 Å². The Labute approximate surface area is 98.2 Å². The Hall–Kier alpha value is 0.270. The number of nitrogens with zero attached hydrogens (tertiary/aromatic N) is 1. The van der Waals surface area contributed by atoms with E-state index in [9.17, 15) is 0 Å². The van der Waals surface area contributed by atoms with Gasteiger partial charge in [0.2, 0.25) is 0 Å². The molecule has 2 rings (SSSR count). The first-order valence-corrected chi connectivity index (χ1v) is 7.61. The first-order chi connectivity index (χ1) is 7.40. The number of thioether (sulfide) groups is 1. The monoisotopic (exact) mass is 228 g/mol. The summed E-state index contributed by atoms with van der Waals surface area (Å²) in [5.74, 6) is 2.71. The summed E-state index contributed by atoms with van der Waals surface area (Å²) >= 11 is 2.12. The lowest BCUT2D eigenvalue weighted by atomic mass is 10.1. The molecule has 0 amide bonds. The van der Waals surface area contributed by atoms with Crippen LogP contribution in [0.2, 0.25) is 0 Å². The molecule has 88 valence electrons. The number of hydrogen-bond donors (Lipinski definition) is 1. The molecule has 3 heteroatoms. The highest BCUT2D eigenvalue weighted by Gasteiger charge is 2.23. The molecule has 2 nitrogen and oxygen atoms in total. The molecule has 0 aliphatic carbocycles. The van der Waals surface area contributed by atoms with E-state index in [-0.39, 0.29) is 0 Å². The van der Waals surface area contributed by atoms with Crippen LogP contribution < -0.4 is 5.32 Å². The Bertz CT molecular complexity index is 180. The summed E-state index contributed by atoms with van der Waals surface area (Å²) in [6.07, 6.45) is 5.61. The van der Waals surface area contributed by atoms with E-state index in [1.54, 1.807) is 0 Å². The summed E-state index contributed by atoms with van der Waals surface area (Å²) in [5.41, 5.74) is 0. The van der Waals surface area contributed by atoms with Crippen LogP contribution in [0.3, 0.4) is 0 Å². The fourth-order valence-electron chi connectivity index (χ4n) is 2.75. The Morgan fingerprint density at radius 2 is 2.27 bits per heavy atom. The second-order valence-corrected chi connectivity index (χ2v) is 5.90. The largest absolute Gasteiger partial charge is 0.312 e. The number of likely N-dealkylation sites (tertiary alicyclic amines) is 1. The molecule has 0 aromatic rings. The van der Waals surface area contributed by atoms with Crippen molar-refractivity contribution in [1.82, 2.24) is 10.2 Å². The van der Waals surface area contributed by atoms with Crippen molar-refractivity contribution in [3.63, 3.8) is 0 Å². The summed E-state index contributed by atoms with van der Waals surface area (Å²) in [6.45, 7) is 6.06. The molecule has 0 spiro atoms. The summed E-state index contributed by atoms with van der Waals surface area (Å²) in [7, 11) is 0. The van der Waals surface area contributed by atoms with Gasteiger partial charge in [0.1, 0.15) is 0 Å². The number of nitrogens with one attached hydrogen (secondary N) is 1. The fraction of sp³-hybridized carbons (Fsp3) is 1.00. The lowest BCUT2D eigenvalue weighted by molar-refractivity contribution is 0.254. The van der Waals surface area contributed by atoms with Crippen molar-refractivity contribution >= 4 is 11.8 Å². The summed E-state index contributed by atoms with van der Waals surface area (Å²) in [5, 5.41) is 3.77. The zero-order valence-electron chi connectivity index (χ0n) is 9.87. The lowest BCUT2D eigenvalue weighted by Crippen LogP contribution is -2.43. The maximum Gasteiger partial charge on any atom is 0.0221 e. The molecule has 2 aliphatic heterocycles. The lowest BCUT2D eigenvalue weighted by Gasteiger charge is -2.28. The van der Waals surface area contributed by atoms with Gasteiger partial charge >= 0.3 is 0 Å². The SMILES string of the molecule is CCN1CCC[C@@H]1CN[C@H]1CCCSC1. The summed E-state index contributed by atoms with van der Waals surface area (Å²) in [6, 6.07) is 1.62. The van der Waals surface area contributed by atoms with Crippen LogP contribution in [-0.2, 0) is 0 Å². The van der Waals surface area contributed by atoms with E-state index in [0.29, 0.717) is 0 Å². The van der Waals surface area contributed by atoms with Crippen LogP contribution in [0.1, 0.15) is 32.6 Å². The molecule has 15 heavy (non-hydrogen) atoms. The highest BCUT2D eigenvalue weighted by Crippen LogP contribution is 2.19.